The van der Waals surface area contributed by atoms with Crippen LogP contribution in [0.4, 0.5) is 0 Å². The number of phenols is 1. The minimum absolute atomic E-state index is 0.0218. The number of amides is 1. The SMILES string of the molecule is COc1ccc(CN2C(=O)c3oc4ccc(Cl)cc4c(=O)c3[C@H]2c2cc(Br)c(O)c(OC)c2)cc1. The van der Waals surface area contributed by atoms with E-state index in [4.69, 9.17) is 25.5 Å². The third-order valence-corrected chi connectivity index (χ3v) is 6.87. The maximum atomic E-state index is 13.7. The normalized spacial score (nSPS) is 14.9. The van der Waals surface area contributed by atoms with Crippen LogP contribution in [0, 0.1) is 0 Å². The molecular weight excluding hydrogens is 538 g/mol. The third-order valence-electron chi connectivity index (χ3n) is 6.03. The molecule has 1 atom stereocenters. The van der Waals surface area contributed by atoms with Crippen LogP contribution in [0.25, 0.3) is 11.0 Å². The van der Waals surface area contributed by atoms with Gasteiger partial charge in [0, 0.05) is 11.6 Å². The second kappa shape index (κ2) is 8.94. The van der Waals surface area contributed by atoms with Gasteiger partial charge in [0.2, 0.25) is 5.76 Å². The fraction of sp³-hybridized carbons (Fsp3) is 0.154. The Hall–Kier alpha value is -3.49. The summed E-state index contributed by atoms with van der Waals surface area (Å²) in [5.41, 5.74) is 1.55. The first-order valence-electron chi connectivity index (χ1n) is 10.6. The molecule has 7 nitrogen and oxygen atoms in total. The molecule has 1 aromatic heterocycles. The highest BCUT2D eigenvalue weighted by molar-refractivity contribution is 9.10. The van der Waals surface area contributed by atoms with E-state index in [0.29, 0.717) is 20.8 Å². The topological polar surface area (TPSA) is 89.2 Å². The van der Waals surface area contributed by atoms with Crippen molar-refractivity contribution in [1.29, 1.82) is 0 Å². The van der Waals surface area contributed by atoms with E-state index < -0.39 is 11.9 Å². The van der Waals surface area contributed by atoms with Gasteiger partial charge in [-0.15, -0.1) is 0 Å². The number of phenolic OH excluding ortho intramolecular Hbond substituents is 1. The Morgan fingerprint density at radius 1 is 1.06 bits per heavy atom. The molecule has 35 heavy (non-hydrogen) atoms. The standard InChI is InChI=1S/C26H19BrClNO6/c1-33-16-6-3-13(4-7-16)12-29-22(14-9-18(27)24(31)20(10-14)34-2)21-23(30)17-11-15(28)5-8-19(17)35-25(21)26(29)32/h3-11,22,31H,12H2,1-2H3/t22-/m1/s1. The second-order valence-corrected chi connectivity index (χ2v) is 9.34. The molecule has 1 amide bonds. The third kappa shape index (κ3) is 3.92. The number of halogens is 2. The monoisotopic (exact) mass is 555 g/mol. The summed E-state index contributed by atoms with van der Waals surface area (Å²) in [7, 11) is 3.01. The van der Waals surface area contributed by atoms with Crippen LogP contribution in [0.2, 0.25) is 5.02 Å². The van der Waals surface area contributed by atoms with Crippen molar-refractivity contribution in [3.8, 4) is 17.2 Å². The summed E-state index contributed by atoms with van der Waals surface area (Å²) in [6, 6.07) is 14.5. The van der Waals surface area contributed by atoms with E-state index in [1.54, 1.807) is 48.4 Å². The molecule has 0 fully saturated rings. The highest BCUT2D eigenvalue weighted by Crippen LogP contribution is 2.44. The molecular formula is C26H19BrClNO6. The molecule has 178 valence electrons. The molecule has 4 aromatic rings. The number of methoxy groups -OCH3 is 2. The largest absolute Gasteiger partial charge is 0.503 e. The number of carbonyl (C=O) groups is 1. The molecule has 0 radical (unpaired) electrons. The van der Waals surface area contributed by atoms with E-state index in [1.165, 1.54) is 13.2 Å². The minimum atomic E-state index is -0.787. The number of ether oxygens (including phenoxy) is 2. The van der Waals surface area contributed by atoms with Crippen molar-refractivity contribution >= 4 is 44.4 Å². The zero-order valence-electron chi connectivity index (χ0n) is 18.7. The highest BCUT2D eigenvalue weighted by atomic mass is 79.9. The van der Waals surface area contributed by atoms with Gasteiger partial charge in [-0.2, -0.15) is 0 Å². The Morgan fingerprint density at radius 3 is 2.49 bits per heavy atom. The van der Waals surface area contributed by atoms with Crippen LogP contribution in [0.15, 0.2) is 68.3 Å². The summed E-state index contributed by atoms with van der Waals surface area (Å²) in [6.45, 7) is 0.203. The van der Waals surface area contributed by atoms with Gasteiger partial charge >= 0.3 is 0 Å². The Balaban J connectivity index is 1.73. The lowest BCUT2D eigenvalue weighted by Crippen LogP contribution is -2.29. The van der Waals surface area contributed by atoms with Crippen molar-refractivity contribution in [2.45, 2.75) is 12.6 Å². The van der Waals surface area contributed by atoms with Crippen LogP contribution in [-0.2, 0) is 6.54 Å². The predicted octanol–water partition coefficient (Wildman–Crippen LogP) is 5.68. The van der Waals surface area contributed by atoms with Crippen molar-refractivity contribution in [2.24, 2.45) is 0 Å². The van der Waals surface area contributed by atoms with Crippen LogP contribution in [0.3, 0.4) is 0 Å². The minimum Gasteiger partial charge on any atom is -0.503 e. The first kappa shape index (κ1) is 23.3. The van der Waals surface area contributed by atoms with Crippen molar-refractivity contribution in [3.63, 3.8) is 0 Å². The molecule has 2 heterocycles. The number of hydrogen-bond acceptors (Lipinski definition) is 6. The van der Waals surface area contributed by atoms with Gasteiger partial charge in [-0.3, -0.25) is 9.59 Å². The van der Waals surface area contributed by atoms with Gasteiger partial charge < -0.3 is 23.9 Å². The summed E-state index contributed by atoms with van der Waals surface area (Å²) in [5.74, 6) is 0.366. The van der Waals surface area contributed by atoms with Crippen LogP contribution >= 0.6 is 27.5 Å². The lowest BCUT2D eigenvalue weighted by atomic mass is 9.97. The van der Waals surface area contributed by atoms with Crippen molar-refractivity contribution in [1.82, 2.24) is 4.90 Å². The van der Waals surface area contributed by atoms with Crippen molar-refractivity contribution in [3.05, 3.63) is 96.8 Å². The molecule has 0 saturated carbocycles. The molecule has 1 aliphatic heterocycles. The van der Waals surface area contributed by atoms with Gasteiger partial charge in [0.15, 0.2) is 16.9 Å². The number of hydrogen-bond donors (Lipinski definition) is 1. The Labute approximate surface area is 213 Å². The van der Waals surface area contributed by atoms with E-state index in [1.807, 2.05) is 12.1 Å². The lowest BCUT2D eigenvalue weighted by molar-refractivity contribution is 0.0714. The molecule has 9 heteroatoms. The fourth-order valence-electron chi connectivity index (χ4n) is 4.34. The zero-order valence-corrected chi connectivity index (χ0v) is 21.0. The number of aromatic hydroxyl groups is 1. The summed E-state index contributed by atoms with van der Waals surface area (Å²) in [5, 5.41) is 11.0. The smallest absolute Gasteiger partial charge is 0.291 e. The molecule has 0 unspecified atom stereocenters. The molecule has 0 aliphatic carbocycles. The number of nitrogens with zero attached hydrogens (tertiary/aromatic N) is 1. The lowest BCUT2D eigenvalue weighted by Gasteiger charge is -2.26. The highest BCUT2D eigenvalue weighted by Gasteiger charge is 2.43. The summed E-state index contributed by atoms with van der Waals surface area (Å²) in [6.07, 6.45) is 0. The molecule has 5 rings (SSSR count). The van der Waals surface area contributed by atoms with E-state index >= 15 is 0 Å². The summed E-state index contributed by atoms with van der Waals surface area (Å²) >= 11 is 9.49. The number of carbonyl (C=O) groups excluding carboxylic acids is 1. The van der Waals surface area contributed by atoms with E-state index in [2.05, 4.69) is 15.9 Å². The predicted molar refractivity (Wildman–Crippen MR) is 135 cm³/mol. The summed E-state index contributed by atoms with van der Waals surface area (Å²) < 4.78 is 16.9. The zero-order chi connectivity index (χ0) is 24.9. The summed E-state index contributed by atoms with van der Waals surface area (Å²) in [4.78, 5) is 28.9. The van der Waals surface area contributed by atoms with Crippen LogP contribution < -0.4 is 14.9 Å². The van der Waals surface area contributed by atoms with Gasteiger partial charge in [-0.1, -0.05) is 23.7 Å². The van der Waals surface area contributed by atoms with E-state index in [9.17, 15) is 14.7 Å². The second-order valence-electron chi connectivity index (χ2n) is 8.05. The Bertz CT molecular complexity index is 1530. The Morgan fingerprint density at radius 2 is 1.80 bits per heavy atom. The van der Waals surface area contributed by atoms with Crippen LogP contribution in [-0.4, -0.2) is 30.1 Å². The van der Waals surface area contributed by atoms with Crippen LogP contribution in [0.5, 0.6) is 17.2 Å². The van der Waals surface area contributed by atoms with Gasteiger partial charge in [0.25, 0.3) is 5.91 Å². The Kier molecular flexibility index (Phi) is 5.94. The van der Waals surface area contributed by atoms with E-state index in [0.717, 1.165) is 5.56 Å². The maximum absolute atomic E-state index is 13.7. The van der Waals surface area contributed by atoms with Gasteiger partial charge in [0.05, 0.1) is 35.7 Å². The van der Waals surface area contributed by atoms with Crippen molar-refractivity contribution in [2.75, 3.05) is 14.2 Å². The van der Waals surface area contributed by atoms with Crippen LogP contribution in [0.1, 0.15) is 33.3 Å². The molecule has 0 bridgehead atoms. The maximum Gasteiger partial charge on any atom is 0.291 e. The number of benzene rings is 3. The first-order valence-corrected chi connectivity index (χ1v) is 11.8. The van der Waals surface area contributed by atoms with Crippen molar-refractivity contribution < 1.29 is 23.8 Å². The molecule has 0 spiro atoms. The average Bonchev–Trinajstić information content (AvgIpc) is 3.13. The van der Waals surface area contributed by atoms with E-state index in [-0.39, 0.29) is 45.8 Å². The molecule has 1 aliphatic rings. The quantitative estimate of drug-likeness (QED) is 0.340. The fourth-order valence-corrected chi connectivity index (χ4v) is 4.97. The van der Waals surface area contributed by atoms with Gasteiger partial charge in [-0.25, -0.2) is 0 Å². The first-order chi connectivity index (χ1) is 16.8. The average molecular weight is 557 g/mol. The molecule has 0 saturated heterocycles. The molecule has 3 aromatic carbocycles. The van der Waals surface area contributed by atoms with Gasteiger partial charge in [0.1, 0.15) is 11.3 Å². The number of fused-ring (bicyclic) bond motifs is 2. The van der Waals surface area contributed by atoms with Gasteiger partial charge in [-0.05, 0) is 69.5 Å². The number of rotatable bonds is 5. The molecule has 1 N–H and O–H groups in total.